The highest BCUT2D eigenvalue weighted by Crippen LogP contribution is 2.19. The Labute approximate surface area is 120 Å². The number of carbonyl (C=O) groups excluding carboxylic acids is 1. The molecule has 1 aromatic rings. The molecule has 0 heterocycles. The molecule has 1 rings (SSSR count). The maximum absolute atomic E-state index is 11.9. The van der Waals surface area contributed by atoms with Gasteiger partial charge in [-0.2, -0.15) is 0 Å². The van der Waals surface area contributed by atoms with Gasteiger partial charge in [0.15, 0.2) is 0 Å². The molecule has 0 aliphatic rings. The van der Waals surface area contributed by atoms with Crippen LogP contribution in [0.1, 0.15) is 25.5 Å². The van der Waals surface area contributed by atoms with Gasteiger partial charge in [-0.3, -0.25) is 10.1 Å². The Morgan fingerprint density at radius 3 is 2.70 bits per heavy atom. The van der Waals surface area contributed by atoms with Crippen LogP contribution in [0.5, 0.6) is 5.75 Å². The molecule has 0 aliphatic heterocycles. The Kier molecular flexibility index (Phi) is 7.04. The second-order valence-electron chi connectivity index (χ2n) is 4.67. The normalized spacial score (nSPS) is 13.6. The van der Waals surface area contributed by atoms with Crippen LogP contribution in [0.4, 0.5) is 0 Å². The highest BCUT2D eigenvalue weighted by Gasteiger charge is 2.16. The van der Waals surface area contributed by atoms with Crippen molar-refractivity contribution in [3.8, 4) is 5.75 Å². The second kappa shape index (κ2) is 8.55. The van der Waals surface area contributed by atoms with Crippen LogP contribution >= 0.6 is 0 Å². The predicted octanol–water partition coefficient (Wildman–Crippen LogP) is 1.50. The van der Waals surface area contributed by atoms with E-state index < -0.39 is 0 Å². The predicted molar refractivity (Wildman–Crippen MR) is 78.9 cm³/mol. The van der Waals surface area contributed by atoms with Crippen LogP contribution in [0.15, 0.2) is 24.3 Å². The molecule has 2 atom stereocenters. The lowest BCUT2D eigenvalue weighted by Gasteiger charge is -2.20. The number of hydrogen-bond acceptors (Lipinski definition) is 4. The van der Waals surface area contributed by atoms with Crippen molar-refractivity contribution in [1.82, 2.24) is 10.6 Å². The number of nitrogens with one attached hydrogen (secondary N) is 2. The lowest BCUT2D eigenvalue weighted by Crippen LogP contribution is -2.44. The van der Waals surface area contributed by atoms with Crippen LogP contribution in [-0.4, -0.2) is 39.3 Å². The second-order valence-corrected chi connectivity index (χ2v) is 4.67. The SMILES string of the molecule is COCCNC(=O)C(C)N[C@H](C)c1cccc(OC)c1. The van der Waals surface area contributed by atoms with E-state index in [1.807, 2.05) is 38.1 Å². The minimum absolute atomic E-state index is 0.0307. The molecule has 112 valence electrons. The topological polar surface area (TPSA) is 59.6 Å². The van der Waals surface area contributed by atoms with E-state index in [-0.39, 0.29) is 18.0 Å². The Morgan fingerprint density at radius 2 is 2.05 bits per heavy atom. The Balaban J connectivity index is 2.51. The van der Waals surface area contributed by atoms with Crippen LogP contribution < -0.4 is 15.4 Å². The van der Waals surface area contributed by atoms with Gasteiger partial charge in [0.1, 0.15) is 5.75 Å². The van der Waals surface area contributed by atoms with Gasteiger partial charge in [-0.05, 0) is 31.5 Å². The highest BCUT2D eigenvalue weighted by molar-refractivity contribution is 5.81. The zero-order valence-corrected chi connectivity index (χ0v) is 12.6. The zero-order chi connectivity index (χ0) is 15.0. The molecule has 0 aliphatic carbocycles. The molecule has 1 amide bonds. The molecule has 0 saturated carbocycles. The maximum Gasteiger partial charge on any atom is 0.236 e. The molecule has 0 fully saturated rings. The molecule has 0 aromatic heterocycles. The van der Waals surface area contributed by atoms with E-state index in [1.54, 1.807) is 14.2 Å². The molecule has 0 bridgehead atoms. The quantitative estimate of drug-likeness (QED) is 0.708. The summed E-state index contributed by atoms with van der Waals surface area (Å²) in [7, 11) is 3.25. The first-order valence-corrected chi connectivity index (χ1v) is 6.75. The highest BCUT2D eigenvalue weighted by atomic mass is 16.5. The van der Waals surface area contributed by atoms with E-state index in [0.717, 1.165) is 11.3 Å². The number of benzene rings is 1. The van der Waals surface area contributed by atoms with Gasteiger partial charge in [0.05, 0.1) is 19.8 Å². The number of carbonyl (C=O) groups is 1. The molecule has 0 spiro atoms. The monoisotopic (exact) mass is 280 g/mol. The number of ether oxygens (including phenoxy) is 2. The summed E-state index contributed by atoms with van der Waals surface area (Å²) in [6, 6.07) is 7.61. The van der Waals surface area contributed by atoms with Crippen molar-refractivity contribution in [2.45, 2.75) is 25.9 Å². The van der Waals surface area contributed by atoms with Gasteiger partial charge < -0.3 is 14.8 Å². The van der Waals surface area contributed by atoms with Gasteiger partial charge in [-0.25, -0.2) is 0 Å². The number of amides is 1. The molecular formula is C15H24N2O3. The Morgan fingerprint density at radius 1 is 1.30 bits per heavy atom. The van der Waals surface area contributed by atoms with E-state index in [9.17, 15) is 4.79 Å². The van der Waals surface area contributed by atoms with Crippen molar-refractivity contribution in [1.29, 1.82) is 0 Å². The largest absolute Gasteiger partial charge is 0.497 e. The van der Waals surface area contributed by atoms with Crippen LogP contribution in [0.25, 0.3) is 0 Å². The average Bonchev–Trinajstić information content (AvgIpc) is 2.47. The fourth-order valence-corrected chi connectivity index (χ4v) is 1.89. The van der Waals surface area contributed by atoms with Crippen molar-refractivity contribution in [3.63, 3.8) is 0 Å². The smallest absolute Gasteiger partial charge is 0.236 e. The van der Waals surface area contributed by atoms with Gasteiger partial charge in [-0.1, -0.05) is 12.1 Å². The van der Waals surface area contributed by atoms with Gasteiger partial charge in [0.25, 0.3) is 0 Å². The first-order valence-electron chi connectivity index (χ1n) is 6.75. The van der Waals surface area contributed by atoms with E-state index >= 15 is 0 Å². The summed E-state index contributed by atoms with van der Waals surface area (Å²) in [4.78, 5) is 11.9. The van der Waals surface area contributed by atoms with Crippen molar-refractivity contribution >= 4 is 5.91 Å². The summed E-state index contributed by atoms with van der Waals surface area (Å²) in [6.07, 6.45) is 0. The molecule has 2 N–H and O–H groups in total. The first kappa shape index (κ1) is 16.5. The molecule has 1 aromatic carbocycles. The van der Waals surface area contributed by atoms with Gasteiger partial charge in [0.2, 0.25) is 5.91 Å². The van der Waals surface area contributed by atoms with Crippen LogP contribution in [0, 0.1) is 0 Å². The van der Waals surface area contributed by atoms with E-state index in [0.29, 0.717) is 13.2 Å². The fraction of sp³-hybridized carbons (Fsp3) is 0.533. The molecular weight excluding hydrogens is 256 g/mol. The molecule has 1 unspecified atom stereocenters. The van der Waals surface area contributed by atoms with E-state index in [4.69, 9.17) is 9.47 Å². The molecule has 20 heavy (non-hydrogen) atoms. The van der Waals surface area contributed by atoms with E-state index in [1.165, 1.54) is 0 Å². The fourth-order valence-electron chi connectivity index (χ4n) is 1.89. The van der Waals surface area contributed by atoms with E-state index in [2.05, 4.69) is 10.6 Å². The van der Waals surface area contributed by atoms with Gasteiger partial charge in [0, 0.05) is 19.7 Å². The molecule has 5 nitrogen and oxygen atoms in total. The number of methoxy groups -OCH3 is 2. The summed E-state index contributed by atoms with van der Waals surface area (Å²) < 4.78 is 10.1. The summed E-state index contributed by atoms with van der Waals surface area (Å²) in [6.45, 7) is 4.91. The first-order chi connectivity index (χ1) is 9.58. The lowest BCUT2D eigenvalue weighted by molar-refractivity contribution is -0.123. The van der Waals surface area contributed by atoms with Crippen molar-refractivity contribution in [2.24, 2.45) is 0 Å². The average molecular weight is 280 g/mol. The maximum atomic E-state index is 11.9. The van der Waals surface area contributed by atoms with Crippen molar-refractivity contribution in [2.75, 3.05) is 27.4 Å². The van der Waals surface area contributed by atoms with Gasteiger partial charge in [-0.15, -0.1) is 0 Å². The molecule has 0 saturated heterocycles. The summed E-state index contributed by atoms with van der Waals surface area (Å²) in [5.41, 5.74) is 1.08. The summed E-state index contributed by atoms with van der Waals surface area (Å²) >= 11 is 0. The number of hydrogen-bond donors (Lipinski definition) is 2. The standard InChI is InChI=1S/C15H24N2O3/c1-11(13-6-5-7-14(10-13)20-4)17-12(2)15(18)16-8-9-19-3/h5-7,10-12,17H,8-9H2,1-4H3,(H,16,18)/t11-,12?/m1/s1. The molecule has 5 heteroatoms. The summed E-state index contributed by atoms with van der Waals surface area (Å²) in [5.74, 6) is 0.783. The van der Waals surface area contributed by atoms with Crippen molar-refractivity contribution in [3.05, 3.63) is 29.8 Å². The summed E-state index contributed by atoms with van der Waals surface area (Å²) in [5, 5.41) is 6.08. The zero-order valence-electron chi connectivity index (χ0n) is 12.6. The molecule has 0 radical (unpaired) electrons. The van der Waals surface area contributed by atoms with Gasteiger partial charge >= 0.3 is 0 Å². The lowest BCUT2D eigenvalue weighted by atomic mass is 10.1. The van der Waals surface area contributed by atoms with Crippen LogP contribution in [0.3, 0.4) is 0 Å². The van der Waals surface area contributed by atoms with Crippen molar-refractivity contribution < 1.29 is 14.3 Å². The van der Waals surface area contributed by atoms with Crippen LogP contribution in [0.2, 0.25) is 0 Å². The third-order valence-corrected chi connectivity index (χ3v) is 3.09. The Bertz CT molecular complexity index is 423. The third-order valence-electron chi connectivity index (χ3n) is 3.09. The minimum Gasteiger partial charge on any atom is -0.497 e. The van der Waals surface area contributed by atoms with Crippen LogP contribution in [-0.2, 0) is 9.53 Å². The third kappa shape index (κ3) is 5.19. The number of rotatable bonds is 8. The Hall–Kier alpha value is -1.59. The minimum atomic E-state index is -0.270.